The van der Waals surface area contributed by atoms with Crippen LogP contribution in [0.1, 0.15) is 25.0 Å². The van der Waals surface area contributed by atoms with Crippen molar-refractivity contribution in [1.29, 1.82) is 0 Å². The normalized spacial score (nSPS) is 15.6. The number of anilines is 1. The fourth-order valence-corrected chi connectivity index (χ4v) is 3.15. The van der Waals surface area contributed by atoms with Gasteiger partial charge in [0.15, 0.2) is 0 Å². The first-order valence-electron chi connectivity index (χ1n) is 6.83. The van der Waals surface area contributed by atoms with E-state index in [9.17, 15) is 0 Å². The average Bonchev–Trinajstić information content (AvgIpc) is 2.71. The van der Waals surface area contributed by atoms with Crippen LogP contribution in [-0.2, 0) is 13.0 Å². The number of benzene rings is 2. The number of hydrogen-bond acceptors (Lipinski definition) is 2. The van der Waals surface area contributed by atoms with Crippen LogP contribution >= 0.6 is 22.6 Å². The van der Waals surface area contributed by atoms with E-state index < -0.39 is 0 Å². The summed E-state index contributed by atoms with van der Waals surface area (Å²) in [7, 11) is 0. The standard InChI is InChI=1S/C17H18INO/c1-17(2)10-13-9-12(7-8-16(13)20-17)11-19-15-6-4-3-5-14(15)18/h3-9,19H,10-11H2,1-2H3. The summed E-state index contributed by atoms with van der Waals surface area (Å²) in [6.45, 7) is 5.11. The molecule has 0 radical (unpaired) electrons. The van der Waals surface area contributed by atoms with Crippen LogP contribution in [0.4, 0.5) is 5.69 Å². The summed E-state index contributed by atoms with van der Waals surface area (Å²) in [5.74, 6) is 1.04. The molecule has 0 bridgehead atoms. The van der Waals surface area contributed by atoms with Gasteiger partial charge in [0, 0.05) is 22.2 Å². The van der Waals surface area contributed by atoms with Crippen molar-refractivity contribution < 1.29 is 4.74 Å². The van der Waals surface area contributed by atoms with Gasteiger partial charge in [-0.05, 0) is 65.8 Å². The fraction of sp³-hybridized carbons (Fsp3) is 0.294. The summed E-state index contributed by atoms with van der Waals surface area (Å²) in [5, 5.41) is 3.49. The molecule has 2 aromatic rings. The van der Waals surface area contributed by atoms with Crippen LogP contribution in [0.25, 0.3) is 0 Å². The van der Waals surface area contributed by atoms with Gasteiger partial charge in [-0.1, -0.05) is 24.3 Å². The number of hydrogen-bond donors (Lipinski definition) is 1. The predicted octanol–water partition coefficient (Wildman–Crippen LogP) is 4.62. The van der Waals surface area contributed by atoms with Gasteiger partial charge >= 0.3 is 0 Å². The summed E-state index contributed by atoms with van der Waals surface area (Å²) in [4.78, 5) is 0. The van der Waals surface area contributed by atoms with E-state index in [-0.39, 0.29) is 5.60 Å². The number of fused-ring (bicyclic) bond motifs is 1. The van der Waals surface area contributed by atoms with Crippen LogP contribution in [-0.4, -0.2) is 5.60 Å². The molecule has 0 saturated heterocycles. The Labute approximate surface area is 133 Å². The van der Waals surface area contributed by atoms with E-state index in [0.29, 0.717) is 0 Å². The van der Waals surface area contributed by atoms with Crippen molar-refractivity contribution in [3.05, 3.63) is 57.2 Å². The maximum absolute atomic E-state index is 5.91. The first-order valence-corrected chi connectivity index (χ1v) is 7.91. The molecule has 0 unspecified atom stereocenters. The first kappa shape index (κ1) is 13.7. The minimum Gasteiger partial charge on any atom is -0.487 e. The second kappa shape index (κ2) is 5.28. The molecule has 0 spiro atoms. The molecule has 0 saturated carbocycles. The van der Waals surface area contributed by atoms with Crippen molar-refractivity contribution in [2.75, 3.05) is 5.32 Å². The van der Waals surface area contributed by atoms with Crippen molar-refractivity contribution in [3.63, 3.8) is 0 Å². The molecule has 0 amide bonds. The number of para-hydroxylation sites is 1. The highest BCUT2D eigenvalue weighted by Gasteiger charge is 2.29. The van der Waals surface area contributed by atoms with Gasteiger partial charge in [0.1, 0.15) is 11.4 Å². The Morgan fingerprint density at radius 3 is 2.80 bits per heavy atom. The zero-order chi connectivity index (χ0) is 14.2. The lowest BCUT2D eigenvalue weighted by Crippen LogP contribution is -2.24. The third-order valence-electron chi connectivity index (χ3n) is 3.48. The van der Waals surface area contributed by atoms with Crippen LogP contribution in [0, 0.1) is 3.57 Å². The van der Waals surface area contributed by atoms with E-state index >= 15 is 0 Å². The van der Waals surface area contributed by atoms with Gasteiger partial charge in [-0.2, -0.15) is 0 Å². The van der Waals surface area contributed by atoms with Gasteiger partial charge in [-0.15, -0.1) is 0 Å². The molecule has 0 aromatic heterocycles. The smallest absolute Gasteiger partial charge is 0.123 e. The number of halogens is 1. The zero-order valence-electron chi connectivity index (χ0n) is 11.7. The van der Waals surface area contributed by atoms with Crippen LogP contribution in [0.15, 0.2) is 42.5 Å². The summed E-state index contributed by atoms with van der Waals surface area (Å²) < 4.78 is 7.16. The van der Waals surface area contributed by atoms with Crippen LogP contribution in [0.5, 0.6) is 5.75 Å². The maximum atomic E-state index is 5.91. The molecule has 1 heterocycles. The van der Waals surface area contributed by atoms with Gasteiger partial charge in [0.25, 0.3) is 0 Å². The van der Waals surface area contributed by atoms with Gasteiger partial charge in [-0.3, -0.25) is 0 Å². The zero-order valence-corrected chi connectivity index (χ0v) is 13.9. The maximum Gasteiger partial charge on any atom is 0.123 e. The second-order valence-electron chi connectivity index (χ2n) is 5.81. The minimum absolute atomic E-state index is 0.0663. The SMILES string of the molecule is CC1(C)Cc2cc(CNc3ccccc3I)ccc2O1. The molecule has 1 aliphatic rings. The van der Waals surface area contributed by atoms with Crippen LogP contribution < -0.4 is 10.1 Å². The molecule has 1 N–H and O–H groups in total. The molecule has 2 nitrogen and oxygen atoms in total. The molecule has 104 valence electrons. The van der Waals surface area contributed by atoms with Gasteiger partial charge < -0.3 is 10.1 Å². The monoisotopic (exact) mass is 379 g/mol. The molecule has 0 aliphatic carbocycles. The minimum atomic E-state index is -0.0663. The van der Waals surface area contributed by atoms with Gasteiger partial charge in [0.05, 0.1) is 0 Å². The molecular formula is C17H18INO. The fourth-order valence-electron chi connectivity index (χ4n) is 2.57. The lowest BCUT2D eigenvalue weighted by Gasteiger charge is -2.16. The van der Waals surface area contributed by atoms with Crippen molar-refractivity contribution in [1.82, 2.24) is 0 Å². The van der Waals surface area contributed by atoms with Gasteiger partial charge in [0.2, 0.25) is 0 Å². The molecule has 20 heavy (non-hydrogen) atoms. The van der Waals surface area contributed by atoms with Crippen molar-refractivity contribution in [3.8, 4) is 5.75 Å². The topological polar surface area (TPSA) is 21.3 Å². The van der Waals surface area contributed by atoms with E-state index in [1.165, 1.54) is 20.4 Å². The highest BCUT2D eigenvalue weighted by atomic mass is 127. The number of rotatable bonds is 3. The summed E-state index contributed by atoms with van der Waals surface area (Å²) >= 11 is 2.35. The van der Waals surface area contributed by atoms with E-state index in [1.807, 2.05) is 0 Å². The highest BCUT2D eigenvalue weighted by molar-refractivity contribution is 14.1. The third-order valence-corrected chi connectivity index (χ3v) is 4.42. The van der Waals surface area contributed by atoms with Crippen molar-refractivity contribution >= 4 is 28.3 Å². The molecule has 0 atom stereocenters. The van der Waals surface area contributed by atoms with Crippen molar-refractivity contribution in [2.45, 2.75) is 32.4 Å². The Kier molecular flexibility index (Phi) is 3.63. The quantitative estimate of drug-likeness (QED) is 0.786. The highest BCUT2D eigenvalue weighted by Crippen LogP contribution is 2.35. The summed E-state index contributed by atoms with van der Waals surface area (Å²) in [6.07, 6.45) is 0.985. The van der Waals surface area contributed by atoms with Crippen LogP contribution in [0.3, 0.4) is 0 Å². The Hall–Kier alpha value is -1.23. The molecule has 3 rings (SSSR count). The Balaban J connectivity index is 1.73. The molecule has 0 fully saturated rings. The van der Waals surface area contributed by atoms with E-state index in [1.54, 1.807) is 0 Å². The molecule has 1 aliphatic heterocycles. The Morgan fingerprint density at radius 2 is 2.00 bits per heavy atom. The summed E-state index contributed by atoms with van der Waals surface area (Å²) in [5.41, 5.74) is 3.73. The Morgan fingerprint density at radius 1 is 1.20 bits per heavy atom. The molecule has 3 heteroatoms. The van der Waals surface area contributed by atoms with E-state index in [2.05, 4.69) is 84.2 Å². The third kappa shape index (κ3) is 2.92. The largest absolute Gasteiger partial charge is 0.487 e. The molecular weight excluding hydrogens is 361 g/mol. The van der Waals surface area contributed by atoms with Crippen LogP contribution in [0.2, 0.25) is 0 Å². The number of nitrogens with one attached hydrogen (secondary N) is 1. The van der Waals surface area contributed by atoms with Gasteiger partial charge in [-0.25, -0.2) is 0 Å². The lowest BCUT2D eigenvalue weighted by molar-refractivity contribution is 0.138. The van der Waals surface area contributed by atoms with Crippen molar-refractivity contribution in [2.24, 2.45) is 0 Å². The number of ether oxygens (including phenoxy) is 1. The lowest BCUT2D eigenvalue weighted by atomic mass is 10.0. The second-order valence-corrected chi connectivity index (χ2v) is 6.98. The summed E-state index contributed by atoms with van der Waals surface area (Å²) in [6, 6.07) is 14.8. The first-order chi connectivity index (χ1) is 9.53. The molecule has 2 aromatic carbocycles. The van der Waals surface area contributed by atoms with E-state index in [0.717, 1.165) is 18.7 Å². The predicted molar refractivity (Wildman–Crippen MR) is 91.3 cm³/mol. The van der Waals surface area contributed by atoms with E-state index in [4.69, 9.17) is 4.74 Å². The Bertz CT molecular complexity index is 637. The average molecular weight is 379 g/mol.